The molecular weight excluding hydrogens is 482 g/mol. The molecule has 1 aromatic carbocycles. The second kappa shape index (κ2) is 12.1. The van der Waals surface area contributed by atoms with E-state index >= 15 is 0 Å². The van der Waals surface area contributed by atoms with E-state index in [1.807, 2.05) is 6.07 Å². The first-order valence-electron chi connectivity index (χ1n) is 10.5. The molecule has 0 unspecified atom stereocenters. The molecule has 0 atom stereocenters. The number of hydrogen-bond acceptors (Lipinski definition) is 9. The number of hydrogen-bond donors (Lipinski definition) is 4. The molecular formula is C24H21N7O4S. The van der Waals surface area contributed by atoms with Gasteiger partial charge in [-0.2, -0.15) is 10.5 Å². The molecule has 182 valence electrons. The van der Waals surface area contributed by atoms with Crippen LogP contribution in [0, 0.1) is 22.7 Å². The lowest BCUT2D eigenvalue weighted by Gasteiger charge is -2.14. The summed E-state index contributed by atoms with van der Waals surface area (Å²) in [5.74, 6) is 0.558. The highest BCUT2D eigenvalue weighted by molar-refractivity contribution is 7.98. The number of nitrogens with zero attached hydrogens (tertiary/aromatic N) is 4. The van der Waals surface area contributed by atoms with Crippen molar-refractivity contribution in [2.24, 2.45) is 0 Å². The summed E-state index contributed by atoms with van der Waals surface area (Å²) in [5, 5.41) is 33.4. The first kappa shape index (κ1) is 25.8. The zero-order valence-electron chi connectivity index (χ0n) is 19.1. The molecule has 0 spiro atoms. The smallest absolute Gasteiger partial charge is 0.404 e. The monoisotopic (exact) mass is 503 g/mol. The predicted octanol–water partition coefficient (Wildman–Crippen LogP) is 2.77. The van der Waals surface area contributed by atoms with Crippen molar-refractivity contribution in [1.29, 1.82) is 10.5 Å². The Bertz CT molecular complexity index is 1360. The summed E-state index contributed by atoms with van der Waals surface area (Å²) in [4.78, 5) is 30.7. The maximum atomic E-state index is 11.9. The van der Waals surface area contributed by atoms with Crippen LogP contribution in [0.1, 0.15) is 27.2 Å². The van der Waals surface area contributed by atoms with Crippen LogP contribution in [0.5, 0.6) is 5.75 Å². The van der Waals surface area contributed by atoms with Crippen LogP contribution in [0.15, 0.2) is 47.6 Å². The average Bonchev–Trinajstić information content (AvgIpc) is 2.89. The number of carbonyl (C=O) groups excluding carboxylic acids is 1. The molecule has 11 nitrogen and oxygen atoms in total. The van der Waals surface area contributed by atoms with Crippen LogP contribution in [0.2, 0.25) is 0 Å². The number of benzene rings is 1. The quantitative estimate of drug-likeness (QED) is 0.250. The van der Waals surface area contributed by atoms with E-state index in [4.69, 9.17) is 15.6 Å². The first-order chi connectivity index (χ1) is 17.4. The molecule has 0 saturated heterocycles. The van der Waals surface area contributed by atoms with E-state index in [0.29, 0.717) is 27.7 Å². The summed E-state index contributed by atoms with van der Waals surface area (Å²) in [5.41, 5.74) is 8.35. The van der Waals surface area contributed by atoms with Crippen LogP contribution >= 0.6 is 11.8 Å². The summed E-state index contributed by atoms with van der Waals surface area (Å²) in [6, 6.07) is 14.3. The number of anilines is 1. The number of pyridine rings is 2. The molecule has 0 fully saturated rings. The lowest BCUT2D eigenvalue weighted by Crippen LogP contribution is -2.26. The number of carboxylic acid groups (broad SMARTS) is 1. The van der Waals surface area contributed by atoms with Gasteiger partial charge in [0.15, 0.2) is 0 Å². The van der Waals surface area contributed by atoms with Crippen molar-refractivity contribution in [3.8, 4) is 29.0 Å². The third kappa shape index (κ3) is 6.20. The van der Waals surface area contributed by atoms with E-state index in [9.17, 15) is 20.1 Å². The van der Waals surface area contributed by atoms with Crippen molar-refractivity contribution in [3.05, 3.63) is 65.0 Å². The minimum absolute atomic E-state index is 0.00477. The van der Waals surface area contributed by atoms with Crippen LogP contribution in [-0.2, 0) is 5.75 Å². The Hall–Kier alpha value is -4.81. The van der Waals surface area contributed by atoms with Gasteiger partial charge in [-0.3, -0.25) is 9.78 Å². The van der Waals surface area contributed by atoms with E-state index in [-0.39, 0.29) is 41.7 Å². The van der Waals surface area contributed by atoms with Gasteiger partial charge in [0.2, 0.25) is 0 Å². The largest absolute Gasteiger partial charge is 0.492 e. The van der Waals surface area contributed by atoms with Gasteiger partial charge in [0, 0.05) is 24.6 Å². The summed E-state index contributed by atoms with van der Waals surface area (Å²) in [6.07, 6.45) is 0.390. The lowest BCUT2D eigenvalue weighted by atomic mass is 9.97. The molecule has 36 heavy (non-hydrogen) atoms. The fourth-order valence-electron chi connectivity index (χ4n) is 3.20. The number of nitriles is 2. The highest BCUT2D eigenvalue weighted by Gasteiger charge is 2.21. The number of ether oxygens (including phenoxy) is 1. The fraction of sp³-hybridized carbons (Fsp3) is 0.167. The number of thioether (sulfide) groups is 1. The maximum Gasteiger partial charge on any atom is 0.404 e. The molecule has 0 saturated carbocycles. The number of nitrogens with two attached hydrogens (primary N) is 1. The molecule has 2 aromatic heterocycles. The maximum absolute atomic E-state index is 11.9. The molecule has 0 aliphatic carbocycles. The molecule has 2 heterocycles. The Labute approximate surface area is 210 Å². The Balaban J connectivity index is 1.89. The minimum atomic E-state index is -1.14. The summed E-state index contributed by atoms with van der Waals surface area (Å²) in [6.45, 7) is 0.260. The Morgan fingerprint density at radius 3 is 2.53 bits per heavy atom. The number of nitrogens with one attached hydrogen (secondary N) is 2. The standard InChI is InChI=1S/C24H21N7O4S/c1-28-22(32)19-10-14(6-7-29-19)13-36-23-18(12-26)20(17(11-25)21(27)31-23)15-2-4-16(5-3-15)35-9-8-30-24(33)34/h2-7,10,30H,8-9,13H2,1H3,(H2,27,31)(H,28,32)(H,33,34). The summed E-state index contributed by atoms with van der Waals surface area (Å²) >= 11 is 1.25. The van der Waals surface area contributed by atoms with Gasteiger partial charge in [-0.1, -0.05) is 12.1 Å². The SMILES string of the molecule is CNC(=O)c1cc(CSc2nc(N)c(C#N)c(-c3ccc(OCCNC(=O)O)cc3)c2C#N)ccn1. The molecule has 0 aliphatic heterocycles. The molecule has 3 aromatic rings. The molecule has 2 amide bonds. The van der Waals surface area contributed by atoms with Gasteiger partial charge in [0.05, 0.1) is 12.1 Å². The molecule has 12 heteroatoms. The van der Waals surface area contributed by atoms with Gasteiger partial charge in [-0.25, -0.2) is 9.78 Å². The van der Waals surface area contributed by atoms with Crippen molar-refractivity contribution in [2.75, 3.05) is 25.9 Å². The van der Waals surface area contributed by atoms with Gasteiger partial charge in [0.25, 0.3) is 5.91 Å². The predicted molar refractivity (Wildman–Crippen MR) is 132 cm³/mol. The molecule has 3 rings (SSSR count). The van der Waals surface area contributed by atoms with Crippen molar-refractivity contribution < 1.29 is 19.4 Å². The summed E-state index contributed by atoms with van der Waals surface area (Å²) < 4.78 is 5.50. The third-order valence-corrected chi connectivity index (χ3v) is 5.91. The van der Waals surface area contributed by atoms with Crippen LogP contribution in [-0.4, -0.2) is 47.3 Å². The van der Waals surface area contributed by atoms with Crippen LogP contribution in [0.25, 0.3) is 11.1 Å². The first-order valence-corrected chi connectivity index (χ1v) is 11.5. The Kier molecular flexibility index (Phi) is 8.64. The van der Waals surface area contributed by atoms with Gasteiger partial charge in [0.1, 0.15) is 46.6 Å². The molecule has 5 N–H and O–H groups in total. The van der Waals surface area contributed by atoms with E-state index < -0.39 is 6.09 Å². The Morgan fingerprint density at radius 2 is 1.89 bits per heavy atom. The van der Waals surface area contributed by atoms with E-state index in [1.54, 1.807) is 36.4 Å². The van der Waals surface area contributed by atoms with E-state index in [0.717, 1.165) is 5.56 Å². The molecule has 0 radical (unpaired) electrons. The second-order valence-corrected chi connectivity index (χ2v) is 8.14. The van der Waals surface area contributed by atoms with Crippen molar-refractivity contribution >= 4 is 29.6 Å². The highest BCUT2D eigenvalue weighted by Crippen LogP contribution is 2.37. The summed E-state index contributed by atoms with van der Waals surface area (Å²) in [7, 11) is 1.52. The number of rotatable bonds is 9. The number of nitrogen functional groups attached to an aromatic ring is 1. The number of amides is 2. The fourth-order valence-corrected chi connectivity index (χ4v) is 4.14. The third-order valence-electron chi connectivity index (χ3n) is 4.87. The second-order valence-electron chi connectivity index (χ2n) is 7.17. The van der Waals surface area contributed by atoms with Gasteiger partial charge >= 0.3 is 6.09 Å². The molecule has 0 bridgehead atoms. The van der Waals surface area contributed by atoms with Gasteiger partial charge in [-0.15, -0.1) is 11.8 Å². The van der Waals surface area contributed by atoms with Gasteiger partial charge in [-0.05, 0) is 35.4 Å². The van der Waals surface area contributed by atoms with Crippen LogP contribution < -0.4 is 21.1 Å². The van der Waals surface area contributed by atoms with E-state index in [1.165, 1.54) is 25.0 Å². The Morgan fingerprint density at radius 1 is 1.17 bits per heavy atom. The average molecular weight is 504 g/mol. The van der Waals surface area contributed by atoms with Gasteiger partial charge < -0.3 is 26.2 Å². The minimum Gasteiger partial charge on any atom is -0.492 e. The van der Waals surface area contributed by atoms with Crippen LogP contribution in [0.4, 0.5) is 10.6 Å². The number of carbonyl (C=O) groups is 2. The lowest BCUT2D eigenvalue weighted by molar-refractivity contribution is 0.0958. The molecule has 0 aliphatic rings. The van der Waals surface area contributed by atoms with Crippen LogP contribution in [0.3, 0.4) is 0 Å². The van der Waals surface area contributed by atoms with Crippen molar-refractivity contribution in [2.45, 2.75) is 10.8 Å². The van der Waals surface area contributed by atoms with E-state index in [2.05, 4.69) is 26.7 Å². The van der Waals surface area contributed by atoms with Crippen molar-refractivity contribution in [3.63, 3.8) is 0 Å². The van der Waals surface area contributed by atoms with Crippen molar-refractivity contribution in [1.82, 2.24) is 20.6 Å². The normalized spacial score (nSPS) is 10.1. The topological polar surface area (TPSA) is 187 Å². The zero-order valence-corrected chi connectivity index (χ0v) is 19.9. The zero-order chi connectivity index (χ0) is 26.1. The number of aromatic nitrogens is 2. The highest BCUT2D eigenvalue weighted by atomic mass is 32.2.